The molecule has 0 saturated carbocycles. The fraction of sp³-hybridized carbons (Fsp3) is 0.188. The molecule has 3 nitrogen and oxygen atoms in total. The molecule has 0 aliphatic heterocycles. The lowest BCUT2D eigenvalue weighted by Crippen LogP contribution is -2.30. The molecule has 1 atom stereocenters. The van der Waals surface area contributed by atoms with Gasteiger partial charge in [-0.1, -0.05) is 29.8 Å². The minimum absolute atomic E-state index is 0.0246. The number of benzene rings is 2. The van der Waals surface area contributed by atoms with Crippen LogP contribution in [0.25, 0.3) is 0 Å². The maximum Gasteiger partial charge on any atom is 0.238 e. The van der Waals surface area contributed by atoms with E-state index in [2.05, 4.69) is 10.6 Å². The molecule has 0 spiro atoms. The van der Waals surface area contributed by atoms with Crippen molar-refractivity contribution in [1.29, 1.82) is 0 Å². The van der Waals surface area contributed by atoms with Gasteiger partial charge in [-0.25, -0.2) is 8.78 Å². The van der Waals surface area contributed by atoms with Crippen LogP contribution >= 0.6 is 11.6 Å². The van der Waals surface area contributed by atoms with Crippen molar-refractivity contribution in [3.63, 3.8) is 0 Å². The summed E-state index contributed by atoms with van der Waals surface area (Å²) in [5, 5.41) is 5.98. The molecule has 0 aliphatic carbocycles. The molecule has 0 aliphatic rings. The first-order valence-electron chi connectivity index (χ1n) is 6.70. The first kappa shape index (κ1) is 16.4. The van der Waals surface area contributed by atoms with Gasteiger partial charge in [0.15, 0.2) is 0 Å². The summed E-state index contributed by atoms with van der Waals surface area (Å²) in [7, 11) is 0. The quantitative estimate of drug-likeness (QED) is 0.875. The normalized spacial score (nSPS) is 12.0. The molecule has 1 unspecified atom stereocenters. The number of anilines is 1. The Hall–Kier alpha value is -1.98. The van der Waals surface area contributed by atoms with Crippen LogP contribution in [0.15, 0.2) is 42.5 Å². The lowest BCUT2D eigenvalue weighted by atomic mass is 10.1. The largest absolute Gasteiger partial charge is 0.322 e. The number of halogens is 3. The van der Waals surface area contributed by atoms with Gasteiger partial charge in [-0.15, -0.1) is 0 Å². The molecule has 2 aromatic carbocycles. The summed E-state index contributed by atoms with van der Waals surface area (Å²) in [6.07, 6.45) is 0. The minimum atomic E-state index is -0.812. The summed E-state index contributed by atoms with van der Waals surface area (Å²) in [6.45, 7) is 1.84. The Morgan fingerprint density at radius 2 is 1.95 bits per heavy atom. The highest BCUT2D eigenvalue weighted by Gasteiger charge is 2.12. The van der Waals surface area contributed by atoms with E-state index in [4.69, 9.17) is 11.6 Å². The number of carbonyl (C=O) groups excluding carboxylic acids is 1. The molecule has 0 heterocycles. The average Bonchev–Trinajstić information content (AvgIpc) is 2.48. The number of nitrogens with one attached hydrogen (secondary N) is 2. The van der Waals surface area contributed by atoms with Crippen LogP contribution < -0.4 is 10.6 Å². The maximum absolute atomic E-state index is 13.4. The molecular formula is C16H15ClF2N2O. The Morgan fingerprint density at radius 3 is 2.64 bits per heavy atom. The third-order valence-corrected chi connectivity index (χ3v) is 3.49. The summed E-state index contributed by atoms with van der Waals surface area (Å²) in [5.41, 5.74) is 0.809. The highest BCUT2D eigenvalue weighted by molar-refractivity contribution is 6.31. The third kappa shape index (κ3) is 4.26. The Kier molecular flexibility index (Phi) is 5.46. The Labute approximate surface area is 132 Å². The second kappa shape index (κ2) is 7.33. The zero-order valence-corrected chi connectivity index (χ0v) is 12.6. The second-order valence-electron chi connectivity index (χ2n) is 4.80. The van der Waals surface area contributed by atoms with Crippen molar-refractivity contribution < 1.29 is 13.6 Å². The third-order valence-electron chi connectivity index (χ3n) is 3.15. The number of carbonyl (C=O) groups is 1. The zero-order valence-electron chi connectivity index (χ0n) is 11.9. The van der Waals surface area contributed by atoms with Crippen LogP contribution in [0, 0.1) is 11.6 Å². The summed E-state index contributed by atoms with van der Waals surface area (Å²) in [5.74, 6) is -1.93. The molecule has 0 radical (unpaired) electrons. The van der Waals surface area contributed by atoms with Gasteiger partial charge in [0.2, 0.25) is 5.91 Å². The first-order chi connectivity index (χ1) is 10.5. The van der Waals surface area contributed by atoms with Crippen molar-refractivity contribution >= 4 is 23.2 Å². The zero-order chi connectivity index (χ0) is 16.1. The van der Waals surface area contributed by atoms with Crippen molar-refractivity contribution in [2.75, 3.05) is 11.9 Å². The van der Waals surface area contributed by atoms with Gasteiger partial charge >= 0.3 is 0 Å². The van der Waals surface area contributed by atoms with Crippen LogP contribution in [0.5, 0.6) is 0 Å². The fourth-order valence-electron chi connectivity index (χ4n) is 1.97. The molecule has 6 heteroatoms. The van der Waals surface area contributed by atoms with Crippen molar-refractivity contribution in [3.05, 3.63) is 64.7 Å². The molecule has 0 saturated heterocycles. The highest BCUT2D eigenvalue weighted by atomic mass is 35.5. The topological polar surface area (TPSA) is 41.1 Å². The van der Waals surface area contributed by atoms with E-state index < -0.39 is 17.5 Å². The molecule has 2 rings (SSSR count). The van der Waals surface area contributed by atoms with Crippen molar-refractivity contribution in [3.8, 4) is 0 Å². The van der Waals surface area contributed by atoms with Crippen LogP contribution in [0.2, 0.25) is 5.02 Å². The smallest absolute Gasteiger partial charge is 0.238 e. The van der Waals surface area contributed by atoms with Gasteiger partial charge in [-0.3, -0.25) is 4.79 Å². The van der Waals surface area contributed by atoms with Gasteiger partial charge in [0.25, 0.3) is 0 Å². The highest BCUT2D eigenvalue weighted by Crippen LogP contribution is 2.22. The fourth-order valence-corrected chi connectivity index (χ4v) is 2.27. The molecule has 1 amide bonds. The van der Waals surface area contributed by atoms with E-state index in [0.29, 0.717) is 5.02 Å². The van der Waals surface area contributed by atoms with Gasteiger partial charge in [-0.05, 0) is 30.7 Å². The maximum atomic E-state index is 13.4. The van der Waals surface area contributed by atoms with Crippen LogP contribution in [0.1, 0.15) is 18.5 Å². The molecular weight excluding hydrogens is 310 g/mol. The molecule has 116 valence electrons. The minimum Gasteiger partial charge on any atom is -0.322 e. The average molecular weight is 325 g/mol. The first-order valence-corrected chi connectivity index (χ1v) is 7.08. The molecule has 0 fully saturated rings. The van der Waals surface area contributed by atoms with Crippen LogP contribution in [-0.2, 0) is 4.79 Å². The van der Waals surface area contributed by atoms with Crippen LogP contribution in [0.3, 0.4) is 0 Å². The molecule has 22 heavy (non-hydrogen) atoms. The van der Waals surface area contributed by atoms with Crippen LogP contribution in [0.4, 0.5) is 14.5 Å². The van der Waals surface area contributed by atoms with E-state index in [0.717, 1.165) is 17.7 Å². The van der Waals surface area contributed by atoms with E-state index in [9.17, 15) is 13.6 Å². The van der Waals surface area contributed by atoms with E-state index in [-0.39, 0.29) is 18.3 Å². The van der Waals surface area contributed by atoms with Gasteiger partial charge in [0.1, 0.15) is 11.6 Å². The predicted molar refractivity (Wildman–Crippen MR) is 82.9 cm³/mol. The number of hydrogen-bond donors (Lipinski definition) is 2. The van der Waals surface area contributed by atoms with Crippen molar-refractivity contribution in [2.45, 2.75) is 13.0 Å². The summed E-state index contributed by atoms with van der Waals surface area (Å²) in [4.78, 5) is 11.8. The number of amides is 1. The summed E-state index contributed by atoms with van der Waals surface area (Å²) >= 11 is 6.07. The summed E-state index contributed by atoms with van der Waals surface area (Å²) in [6, 6.07) is 10.1. The molecule has 0 bridgehead atoms. The molecule has 0 aromatic heterocycles. The van der Waals surface area contributed by atoms with Crippen molar-refractivity contribution in [2.24, 2.45) is 0 Å². The lowest BCUT2D eigenvalue weighted by Gasteiger charge is -2.15. The Morgan fingerprint density at radius 1 is 1.23 bits per heavy atom. The standard InChI is InChI=1S/C16H15ClF2N2O/c1-10(12-4-2-3-5-13(12)17)20-9-16(22)21-15-7-6-11(18)8-14(15)19/h2-8,10,20H,9H2,1H3,(H,21,22). The molecule has 2 N–H and O–H groups in total. The molecule has 2 aromatic rings. The summed E-state index contributed by atoms with van der Waals surface area (Å²) < 4.78 is 26.2. The Bertz CT molecular complexity index is 679. The van der Waals surface area contributed by atoms with E-state index >= 15 is 0 Å². The van der Waals surface area contributed by atoms with Gasteiger partial charge in [0, 0.05) is 17.1 Å². The van der Waals surface area contributed by atoms with Gasteiger partial charge in [0.05, 0.1) is 12.2 Å². The lowest BCUT2D eigenvalue weighted by molar-refractivity contribution is -0.115. The predicted octanol–water partition coefficient (Wildman–Crippen LogP) is 3.91. The van der Waals surface area contributed by atoms with Gasteiger partial charge < -0.3 is 10.6 Å². The second-order valence-corrected chi connectivity index (χ2v) is 5.20. The van der Waals surface area contributed by atoms with E-state index in [1.54, 1.807) is 6.07 Å². The monoisotopic (exact) mass is 324 g/mol. The van der Waals surface area contributed by atoms with E-state index in [1.807, 2.05) is 25.1 Å². The van der Waals surface area contributed by atoms with Crippen LogP contribution in [-0.4, -0.2) is 12.5 Å². The Balaban J connectivity index is 1.91. The van der Waals surface area contributed by atoms with Crippen molar-refractivity contribution in [1.82, 2.24) is 5.32 Å². The van der Waals surface area contributed by atoms with Gasteiger partial charge in [-0.2, -0.15) is 0 Å². The SMILES string of the molecule is CC(NCC(=O)Nc1ccc(F)cc1F)c1ccccc1Cl. The van der Waals surface area contributed by atoms with E-state index in [1.165, 1.54) is 6.07 Å². The number of hydrogen-bond acceptors (Lipinski definition) is 2. The number of rotatable bonds is 5.